The molecule has 0 aliphatic rings. The maximum absolute atomic E-state index is 11.8. The molecule has 112 valence electrons. The van der Waals surface area contributed by atoms with E-state index in [2.05, 4.69) is 5.32 Å². The Kier molecular flexibility index (Phi) is 7.50. The number of anilines is 1. The van der Waals surface area contributed by atoms with Gasteiger partial charge < -0.3 is 20.5 Å². The summed E-state index contributed by atoms with van der Waals surface area (Å²) in [6.45, 7) is 0.718. The highest BCUT2D eigenvalue weighted by Gasteiger charge is 2.06. The van der Waals surface area contributed by atoms with Gasteiger partial charge in [0.05, 0.1) is 14.2 Å². The summed E-state index contributed by atoms with van der Waals surface area (Å²) in [5.41, 5.74) is 6.11. The highest BCUT2D eigenvalue weighted by molar-refractivity contribution is 5.91. The van der Waals surface area contributed by atoms with Gasteiger partial charge in [-0.05, 0) is 19.4 Å². The molecule has 0 bridgehead atoms. The minimum atomic E-state index is 0.00746. The zero-order valence-electron chi connectivity index (χ0n) is 12.3. The van der Waals surface area contributed by atoms with Crippen molar-refractivity contribution in [2.45, 2.75) is 32.1 Å². The number of hydrogen-bond donors (Lipinski definition) is 2. The second kappa shape index (κ2) is 9.20. The average Bonchev–Trinajstić information content (AvgIpc) is 2.46. The van der Waals surface area contributed by atoms with Crippen molar-refractivity contribution in [2.24, 2.45) is 5.73 Å². The lowest BCUT2D eigenvalue weighted by atomic mass is 10.1. The number of carbonyl (C=O) groups is 1. The molecule has 0 aliphatic heterocycles. The van der Waals surface area contributed by atoms with Crippen molar-refractivity contribution in [1.29, 1.82) is 0 Å². The third-order valence-corrected chi connectivity index (χ3v) is 2.99. The van der Waals surface area contributed by atoms with Crippen LogP contribution in [0.2, 0.25) is 0 Å². The van der Waals surface area contributed by atoms with Gasteiger partial charge in [0.15, 0.2) is 0 Å². The second-order valence-corrected chi connectivity index (χ2v) is 4.60. The molecule has 0 saturated carbocycles. The van der Waals surface area contributed by atoms with Gasteiger partial charge in [-0.3, -0.25) is 4.79 Å². The zero-order valence-corrected chi connectivity index (χ0v) is 12.3. The molecule has 1 rings (SSSR count). The SMILES string of the molecule is COc1cc(NC(=O)CCCCCCN)cc(OC)c1. The number of ether oxygens (including phenoxy) is 2. The van der Waals surface area contributed by atoms with Crippen LogP contribution in [0.5, 0.6) is 11.5 Å². The minimum absolute atomic E-state index is 0.00746. The summed E-state index contributed by atoms with van der Waals surface area (Å²) < 4.78 is 10.3. The van der Waals surface area contributed by atoms with E-state index in [1.54, 1.807) is 32.4 Å². The molecule has 5 nitrogen and oxygen atoms in total. The molecule has 1 aromatic rings. The first kappa shape index (κ1) is 16.3. The number of hydrogen-bond acceptors (Lipinski definition) is 4. The van der Waals surface area contributed by atoms with Crippen LogP contribution in [0.25, 0.3) is 0 Å². The van der Waals surface area contributed by atoms with Crippen molar-refractivity contribution >= 4 is 11.6 Å². The molecule has 0 fully saturated rings. The molecule has 0 aromatic heterocycles. The van der Waals surface area contributed by atoms with Crippen molar-refractivity contribution in [2.75, 3.05) is 26.1 Å². The number of rotatable bonds is 9. The van der Waals surface area contributed by atoms with Gasteiger partial charge in [0.1, 0.15) is 11.5 Å². The van der Waals surface area contributed by atoms with E-state index in [4.69, 9.17) is 15.2 Å². The molecule has 0 atom stereocenters. The van der Waals surface area contributed by atoms with Gasteiger partial charge in [-0.2, -0.15) is 0 Å². The molecule has 1 amide bonds. The quantitative estimate of drug-likeness (QED) is 0.682. The molecule has 1 aromatic carbocycles. The molecule has 3 N–H and O–H groups in total. The lowest BCUT2D eigenvalue weighted by molar-refractivity contribution is -0.116. The van der Waals surface area contributed by atoms with Crippen LogP contribution in [0.4, 0.5) is 5.69 Å². The minimum Gasteiger partial charge on any atom is -0.497 e. The third-order valence-electron chi connectivity index (χ3n) is 2.99. The number of benzene rings is 1. The van der Waals surface area contributed by atoms with Crippen molar-refractivity contribution in [1.82, 2.24) is 0 Å². The Hall–Kier alpha value is -1.75. The van der Waals surface area contributed by atoms with Crippen LogP contribution < -0.4 is 20.5 Å². The molecular formula is C15H24N2O3. The summed E-state index contributed by atoms with van der Waals surface area (Å²) in [5, 5.41) is 2.86. The van der Waals surface area contributed by atoms with E-state index < -0.39 is 0 Å². The summed E-state index contributed by atoms with van der Waals surface area (Å²) in [5.74, 6) is 1.32. The van der Waals surface area contributed by atoms with Crippen LogP contribution >= 0.6 is 0 Å². The van der Waals surface area contributed by atoms with Gasteiger partial charge in [0, 0.05) is 30.3 Å². The lowest BCUT2D eigenvalue weighted by Crippen LogP contribution is -2.11. The van der Waals surface area contributed by atoms with Crippen LogP contribution in [0.1, 0.15) is 32.1 Å². The molecule has 0 saturated heterocycles. The number of carbonyl (C=O) groups excluding carboxylic acids is 1. The van der Waals surface area contributed by atoms with E-state index in [0.717, 1.165) is 32.2 Å². The van der Waals surface area contributed by atoms with E-state index in [1.165, 1.54) is 0 Å². The van der Waals surface area contributed by atoms with Gasteiger partial charge in [0.25, 0.3) is 0 Å². The topological polar surface area (TPSA) is 73.6 Å². The Labute approximate surface area is 120 Å². The fourth-order valence-electron chi connectivity index (χ4n) is 1.89. The molecule has 5 heteroatoms. The predicted molar refractivity (Wildman–Crippen MR) is 80.3 cm³/mol. The molecule has 20 heavy (non-hydrogen) atoms. The monoisotopic (exact) mass is 280 g/mol. The van der Waals surface area contributed by atoms with Gasteiger partial charge in [-0.25, -0.2) is 0 Å². The van der Waals surface area contributed by atoms with Crippen LogP contribution in [0.3, 0.4) is 0 Å². The number of nitrogens with two attached hydrogens (primary N) is 1. The normalized spacial score (nSPS) is 10.2. The highest BCUT2D eigenvalue weighted by Crippen LogP contribution is 2.25. The molecule has 0 spiro atoms. The maximum atomic E-state index is 11.8. The van der Waals surface area contributed by atoms with Gasteiger partial charge in [-0.15, -0.1) is 0 Å². The largest absolute Gasteiger partial charge is 0.497 e. The molecular weight excluding hydrogens is 256 g/mol. The Bertz CT molecular complexity index is 399. The van der Waals surface area contributed by atoms with E-state index in [-0.39, 0.29) is 5.91 Å². The molecule has 0 unspecified atom stereocenters. The van der Waals surface area contributed by atoms with Gasteiger partial charge in [0.2, 0.25) is 5.91 Å². The first-order chi connectivity index (χ1) is 9.69. The smallest absolute Gasteiger partial charge is 0.224 e. The summed E-state index contributed by atoms with van der Waals surface area (Å²) >= 11 is 0. The van der Waals surface area contributed by atoms with Crippen molar-refractivity contribution in [3.05, 3.63) is 18.2 Å². The molecule has 0 radical (unpaired) electrons. The average molecular weight is 280 g/mol. The Morgan fingerprint density at radius 3 is 2.20 bits per heavy atom. The first-order valence-corrected chi connectivity index (χ1v) is 6.92. The van der Waals surface area contributed by atoms with E-state index in [0.29, 0.717) is 23.6 Å². The Morgan fingerprint density at radius 2 is 1.65 bits per heavy atom. The van der Waals surface area contributed by atoms with Gasteiger partial charge in [-0.1, -0.05) is 12.8 Å². The number of unbranched alkanes of at least 4 members (excludes halogenated alkanes) is 3. The van der Waals surface area contributed by atoms with E-state index in [1.807, 2.05) is 0 Å². The summed E-state index contributed by atoms with van der Waals surface area (Å²) in [7, 11) is 3.16. The van der Waals surface area contributed by atoms with Crippen LogP contribution in [0, 0.1) is 0 Å². The summed E-state index contributed by atoms with van der Waals surface area (Å²) in [6, 6.07) is 5.31. The molecule has 0 heterocycles. The third kappa shape index (κ3) is 5.93. The van der Waals surface area contributed by atoms with Crippen LogP contribution in [0.15, 0.2) is 18.2 Å². The number of nitrogens with one attached hydrogen (secondary N) is 1. The first-order valence-electron chi connectivity index (χ1n) is 6.92. The molecule has 0 aliphatic carbocycles. The Morgan fingerprint density at radius 1 is 1.05 bits per heavy atom. The van der Waals surface area contributed by atoms with Crippen LogP contribution in [-0.2, 0) is 4.79 Å². The summed E-state index contributed by atoms with van der Waals surface area (Å²) in [6.07, 6.45) is 4.54. The summed E-state index contributed by atoms with van der Waals surface area (Å²) in [4.78, 5) is 11.8. The fraction of sp³-hybridized carbons (Fsp3) is 0.533. The van der Waals surface area contributed by atoms with E-state index in [9.17, 15) is 4.79 Å². The van der Waals surface area contributed by atoms with Crippen molar-refractivity contribution in [3.63, 3.8) is 0 Å². The highest BCUT2D eigenvalue weighted by atomic mass is 16.5. The zero-order chi connectivity index (χ0) is 14.8. The Balaban J connectivity index is 2.44. The van der Waals surface area contributed by atoms with Gasteiger partial charge >= 0.3 is 0 Å². The van der Waals surface area contributed by atoms with Crippen molar-refractivity contribution < 1.29 is 14.3 Å². The predicted octanol–water partition coefficient (Wildman–Crippen LogP) is 2.55. The van der Waals surface area contributed by atoms with E-state index >= 15 is 0 Å². The maximum Gasteiger partial charge on any atom is 0.224 e. The fourth-order valence-corrected chi connectivity index (χ4v) is 1.89. The van der Waals surface area contributed by atoms with Crippen LogP contribution in [-0.4, -0.2) is 26.7 Å². The standard InChI is InChI=1S/C15H24N2O3/c1-19-13-9-12(10-14(11-13)20-2)17-15(18)7-5-3-4-6-8-16/h9-11H,3-8,16H2,1-2H3,(H,17,18). The lowest BCUT2D eigenvalue weighted by Gasteiger charge is -2.09. The second-order valence-electron chi connectivity index (χ2n) is 4.60. The number of amides is 1. The number of methoxy groups -OCH3 is 2. The van der Waals surface area contributed by atoms with Crippen molar-refractivity contribution in [3.8, 4) is 11.5 Å².